The van der Waals surface area contributed by atoms with Gasteiger partial charge in [0, 0.05) is 16.0 Å². The maximum absolute atomic E-state index is 12.6. The second-order valence-corrected chi connectivity index (χ2v) is 7.98. The van der Waals surface area contributed by atoms with Crippen molar-refractivity contribution in [3.05, 3.63) is 53.4 Å². The Labute approximate surface area is 184 Å². The number of nitrogens with one attached hydrogen (secondary N) is 1. The van der Waals surface area contributed by atoms with Crippen LogP contribution in [0.25, 0.3) is 11.4 Å². The highest BCUT2D eigenvalue weighted by Crippen LogP contribution is 2.31. The normalized spacial score (nSPS) is 11.7. The first-order valence-electron chi connectivity index (χ1n) is 9.29. The third-order valence-corrected chi connectivity index (χ3v) is 5.91. The third-order valence-electron chi connectivity index (χ3n) is 4.29. The number of hydrogen-bond donors (Lipinski definition) is 1. The van der Waals surface area contributed by atoms with Gasteiger partial charge in [-0.05, 0) is 42.8 Å². The van der Waals surface area contributed by atoms with E-state index in [1.54, 1.807) is 32.4 Å². The first-order chi connectivity index (χ1) is 14.5. The lowest BCUT2D eigenvalue weighted by Crippen LogP contribution is -2.31. The summed E-state index contributed by atoms with van der Waals surface area (Å²) in [4.78, 5) is 17.9. The van der Waals surface area contributed by atoms with E-state index in [1.807, 2.05) is 31.2 Å². The molecule has 0 aliphatic rings. The number of carbonyl (C=O) groups is 1. The van der Waals surface area contributed by atoms with Crippen LogP contribution in [0.1, 0.15) is 19.2 Å². The molecule has 0 saturated carbocycles. The number of thioether (sulfide) groups is 1. The Morgan fingerprint density at radius 1 is 1.20 bits per heavy atom. The van der Waals surface area contributed by atoms with E-state index in [2.05, 4.69) is 15.5 Å². The first kappa shape index (κ1) is 22.0. The van der Waals surface area contributed by atoms with Crippen LogP contribution in [0.3, 0.4) is 0 Å². The molecule has 0 bridgehead atoms. The summed E-state index contributed by atoms with van der Waals surface area (Å²) < 4.78 is 15.9. The maximum atomic E-state index is 12.6. The number of methoxy groups -OCH3 is 2. The van der Waals surface area contributed by atoms with Crippen molar-refractivity contribution in [2.24, 2.45) is 0 Å². The molecule has 9 heteroatoms. The zero-order valence-corrected chi connectivity index (χ0v) is 18.4. The molecule has 0 aliphatic heterocycles. The molecule has 3 rings (SSSR count). The van der Waals surface area contributed by atoms with Crippen LogP contribution in [0.15, 0.2) is 51.9 Å². The summed E-state index contributed by atoms with van der Waals surface area (Å²) in [7, 11) is 3.14. The molecule has 0 unspecified atom stereocenters. The highest BCUT2D eigenvalue weighted by Gasteiger charge is 2.19. The van der Waals surface area contributed by atoms with Crippen molar-refractivity contribution in [3.63, 3.8) is 0 Å². The fourth-order valence-corrected chi connectivity index (χ4v) is 3.80. The van der Waals surface area contributed by atoms with Crippen molar-refractivity contribution < 1.29 is 18.8 Å². The Balaban J connectivity index is 1.63. The zero-order valence-electron chi connectivity index (χ0n) is 16.8. The Bertz CT molecular complexity index is 994. The molecule has 3 aromatic rings. The minimum Gasteiger partial charge on any atom is -0.497 e. The molecule has 1 atom stereocenters. The van der Waals surface area contributed by atoms with Gasteiger partial charge in [0.2, 0.25) is 17.6 Å². The van der Waals surface area contributed by atoms with Crippen LogP contribution in [0.2, 0.25) is 5.02 Å². The number of nitrogens with zero attached hydrogens (tertiary/aromatic N) is 2. The van der Waals surface area contributed by atoms with Crippen molar-refractivity contribution >= 4 is 29.3 Å². The van der Waals surface area contributed by atoms with E-state index in [9.17, 15) is 4.79 Å². The van der Waals surface area contributed by atoms with Gasteiger partial charge < -0.3 is 19.3 Å². The van der Waals surface area contributed by atoms with Crippen LogP contribution in [0, 0.1) is 0 Å². The van der Waals surface area contributed by atoms with Gasteiger partial charge in [0.15, 0.2) is 0 Å². The van der Waals surface area contributed by atoms with Crippen molar-refractivity contribution in [3.8, 4) is 22.9 Å². The Morgan fingerprint density at radius 2 is 1.97 bits per heavy atom. The molecule has 1 amide bonds. The van der Waals surface area contributed by atoms with Crippen molar-refractivity contribution in [2.45, 2.75) is 30.0 Å². The second kappa shape index (κ2) is 10.4. The van der Waals surface area contributed by atoms with Crippen LogP contribution < -0.4 is 14.8 Å². The van der Waals surface area contributed by atoms with Crippen LogP contribution in [-0.4, -0.2) is 35.5 Å². The molecule has 1 heterocycles. The second-order valence-electron chi connectivity index (χ2n) is 6.26. The van der Waals surface area contributed by atoms with Gasteiger partial charge in [-0.2, -0.15) is 4.98 Å². The summed E-state index contributed by atoms with van der Waals surface area (Å²) >= 11 is 7.40. The van der Waals surface area contributed by atoms with Crippen LogP contribution in [0.4, 0.5) is 0 Å². The smallest absolute Gasteiger partial charge is 0.246 e. The minimum atomic E-state index is -0.241. The van der Waals surface area contributed by atoms with Crippen LogP contribution in [-0.2, 0) is 11.3 Å². The number of ether oxygens (including phenoxy) is 2. The molecule has 1 N–H and O–H groups in total. The number of carbonyl (C=O) groups excluding carboxylic acids is 1. The average molecular weight is 448 g/mol. The van der Waals surface area contributed by atoms with Crippen molar-refractivity contribution in [1.82, 2.24) is 15.5 Å². The van der Waals surface area contributed by atoms with E-state index < -0.39 is 0 Å². The minimum absolute atomic E-state index is 0.0979. The lowest BCUT2D eigenvalue weighted by Gasteiger charge is -2.13. The number of rotatable bonds is 9. The van der Waals surface area contributed by atoms with Crippen LogP contribution in [0.5, 0.6) is 11.5 Å². The van der Waals surface area contributed by atoms with Gasteiger partial charge in [-0.25, -0.2) is 0 Å². The maximum Gasteiger partial charge on any atom is 0.246 e. The molecule has 0 spiro atoms. The summed E-state index contributed by atoms with van der Waals surface area (Å²) in [6.45, 7) is 2.11. The summed E-state index contributed by atoms with van der Waals surface area (Å²) in [5.74, 6) is 1.81. The summed E-state index contributed by atoms with van der Waals surface area (Å²) in [5, 5.41) is 7.28. The van der Waals surface area contributed by atoms with Gasteiger partial charge in [-0.1, -0.05) is 23.7 Å². The molecular formula is C21H22ClN3O4S. The highest BCUT2D eigenvalue weighted by atomic mass is 35.5. The lowest BCUT2D eigenvalue weighted by atomic mass is 10.2. The van der Waals surface area contributed by atoms with Gasteiger partial charge in [-0.3, -0.25) is 4.79 Å². The van der Waals surface area contributed by atoms with E-state index >= 15 is 0 Å². The summed E-state index contributed by atoms with van der Waals surface area (Å²) in [6, 6.07) is 12.7. The quantitative estimate of drug-likeness (QED) is 0.480. The molecule has 0 radical (unpaired) electrons. The molecule has 7 nitrogen and oxygen atoms in total. The van der Waals surface area contributed by atoms with E-state index in [-0.39, 0.29) is 17.7 Å². The van der Waals surface area contributed by atoms with E-state index in [4.69, 9.17) is 25.6 Å². The number of amides is 1. The highest BCUT2D eigenvalue weighted by molar-refractivity contribution is 8.00. The van der Waals surface area contributed by atoms with Crippen molar-refractivity contribution in [2.75, 3.05) is 14.2 Å². The topological polar surface area (TPSA) is 86.5 Å². The molecule has 0 aliphatic carbocycles. The molecule has 2 aromatic carbocycles. The number of hydrogen-bond acceptors (Lipinski definition) is 7. The molecular weight excluding hydrogens is 426 g/mol. The van der Waals surface area contributed by atoms with Gasteiger partial charge in [-0.15, -0.1) is 11.8 Å². The molecule has 0 fully saturated rings. The Morgan fingerprint density at radius 3 is 2.63 bits per heavy atom. The number of aromatic nitrogens is 2. The summed E-state index contributed by atoms with van der Waals surface area (Å²) in [5.41, 5.74) is 0.671. The number of benzene rings is 2. The largest absolute Gasteiger partial charge is 0.497 e. The zero-order chi connectivity index (χ0) is 21.5. The van der Waals surface area contributed by atoms with Gasteiger partial charge >= 0.3 is 0 Å². The predicted molar refractivity (Wildman–Crippen MR) is 116 cm³/mol. The van der Waals surface area contributed by atoms with E-state index in [1.165, 1.54) is 11.8 Å². The fraction of sp³-hybridized carbons (Fsp3) is 0.286. The Kier molecular flexibility index (Phi) is 7.59. The molecule has 158 valence electrons. The monoisotopic (exact) mass is 447 g/mol. The van der Waals surface area contributed by atoms with E-state index in [0.29, 0.717) is 40.2 Å². The van der Waals surface area contributed by atoms with Gasteiger partial charge in [0.1, 0.15) is 11.5 Å². The van der Waals surface area contributed by atoms with Crippen molar-refractivity contribution in [1.29, 1.82) is 0 Å². The Hall–Kier alpha value is -2.71. The first-order valence-corrected chi connectivity index (χ1v) is 10.5. The molecule has 30 heavy (non-hydrogen) atoms. The summed E-state index contributed by atoms with van der Waals surface area (Å²) in [6.07, 6.45) is 0.678. The predicted octanol–water partition coefficient (Wildman–Crippen LogP) is 4.59. The standard InChI is InChI=1S/C21H22ClN3O4S/c1-4-18(30-15-8-5-13(22)6-9-15)21(26)23-12-19-24-20(25-29-19)16-10-7-14(27-2)11-17(16)28-3/h5-11,18H,4,12H2,1-3H3,(H,23,26)/t18-/m0/s1. The molecule has 0 saturated heterocycles. The fourth-order valence-electron chi connectivity index (χ4n) is 2.70. The average Bonchev–Trinajstić information content (AvgIpc) is 3.25. The van der Waals surface area contributed by atoms with Gasteiger partial charge in [0.05, 0.1) is 31.6 Å². The SMILES string of the molecule is CC[C@H](Sc1ccc(Cl)cc1)C(=O)NCc1nc(-c2ccc(OC)cc2OC)no1. The number of halogens is 1. The van der Waals surface area contributed by atoms with Gasteiger partial charge in [0.25, 0.3) is 0 Å². The lowest BCUT2D eigenvalue weighted by molar-refractivity contribution is -0.120. The molecule has 1 aromatic heterocycles. The third kappa shape index (κ3) is 5.46. The van der Waals surface area contributed by atoms with E-state index in [0.717, 1.165) is 4.90 Å². The van der Waals surface area contributed by atoms with Crippen LogP contribution >= 0.6 is 23.4 Å².